The van der Waals surface area contributed by atoms with Crippen molar-refractivity contribution in [3.63, 3.8) is 0 Å². The maximum absolute atomic E-state index is 12.4. The second-order valence-corrected chi connectivity index (χ2v) is 5.71. The van der Waals surface area contributed by atoms with Gasteiger partial charge in [0.2, 0.25) is 0 Å². The molecule has 2 N–H and O–H groups in total. The molecule has 1 aromatic rings. The van der Waals surface area contributed by atoms with Crippen LogP contribution in [0.1, 0.15) is 25.7 Å². The number of nitrogens with one attached hydrogen (secondary N) is 1. The second kappa shape index (κ2) is 6.22. The highest BCUT2D eigenvalue weighted by Gasteiger charge is 2.33. The van der Waals surface area contributed by atoms with Crippen LogP contribution in [0.3, 0.4) is 0 Å². The van der Waals surface area contributed by atoms with Gasteiger partial charge in [-0.2, -0.15) is 0 Å². The number of hydrogen-bond donors (Lipinski definition) is 2. The van der Waals surface area contributed by atoms with Gasteiger partial charge in [-0.3, -0.25) is 0 Å². The highest BCUT2D eigenvalue weighted by molar-refractivity contribution is 9.10. The van der Waals surface area contributed by atoms with Gasteiger partial charge in [-0.05, 0) is 31.0 Å². The summed E-state index contributed by atoms with van der Waals surface area (Å²) in [5.41, 5.74) is 0.233. The third-order valence-corrected chi connectivity index (χ3v) is 3.73. The molecule has 0 amide bonds. The highest BCUT2D eigenvalue weighted by Crippen LogP contribution is 2.34. The number of alkyl halides is 3. The van der Waals surface area contributed by atoms with Gasteiger partial charge < -0.3 is 15.2 Å². The van der Waals surface area contributed by atoms with E-state index >= 15 is 0 Å². The fraction of sp³-hybridized carbons (Fsp3) is 0.538. The fourth-order valence-corrected chi connectivity index (χ4v) is 2.64. The lowest BCUT2D eigenvalue weighted by Crippen LogP contribution is -2.36. The van der Waals surface area contributed by atoms with Crippen molar-refractivity contribution in [2.45, 2.75) is 44.2 Å². The van der Waals surface area contributed by atoms with Crippen molar-refractivity contribution >= 4 is 21.6 Å². The Labute approximate surface area is 123 Å². The molecule has 3 nitrogen and oxygen atoms in total. The molecule has 7 heteroatoms. The summed E-state index contributed by atoms with van der Waals surface area (Å²) in [6.45, 7) is 0. The van der Waals surface area contributed by atoms with Crippen LogP contribution in [0.5, 0.6) is 5.75 Å². The molecular formula is C13H15BrF3NO2. The lowest BCUT2D eigenvalue weighted by molar-refractivity contribution is -0.274. The summed E-state index contributed by atoms with van der Waals surface area (Å²) in [7, 11) is 0. The first-order valence-corrected chi connectivity index (χ1v) is 7.14. The van der Waals surface area contributed by atoms with E-state index in [1.807, 2.05) is 0 Å². The lowest BCUT2D eigenvalue weighted by Gasteiger charge is -2.30. The second-order valence-electron chi connectivity index (χ2n) is 4.79. The number of rotatable bonds is 3. The molecule has 0 aliphatic heterocycles. The molecule has 0 aromatic heterocycles. The standard InChI is InChI=1S/C13H15BrF3NO2/c14-8-5-6-10(12(7-8)20-13(15,16)17)18-9-3-1-2-4-11(9)19/h5-7,9,11,18-19H,1-4H2/t9-,11-/m1/s1. The minimum atomic E-state index is -4.75. The van der Waals surface area contributed by atoms with E-state index in [-0.39, 0.29) is 17.5 Å². The number of ether oxygens (including phenoxy) is 1. The van der Waals surface area contributed by atoms with Crippen molar-refractivity contribution in [2.75, 3.05) is 5.32 Å². The Bertz CT molecular complexity index is 467. The number of benzene rings is 1. The number of anilines is 1. The van der Waals surface area contributed by atoms with Crippen LogP contribution >= 0.6 is 15.9 Å². The zero-order chi connectivity index (χ0) is 14.8. The molecule has 0 spiro atoms. The third kappa shape index (κ3) is 4.28. The zero-order valence-electron chi connectivity index (χ0n) is 10.6. The van der Waals surface area contributed by atoms with Crippen molar-refractivity contribution < 1.29 is 23.0 Å². The van der Waals surface area contributed by atoms with Gasteiger partial charge in [-0.25, -0.2) is 0 Å². The topological polar surface area (TPSA) is 41.5 Å². The molecule has 0 bridgehead atoms. The Hall–Kier alpha value is -0.950. The maximum atomic E-state index is 12.4. The first-order valence-electron chi connectivity index (χ1n) is 6.35. The van der Waals surface area contributed by atoms with Gasteiger partial charge in [-0.1, -0.05) is 28.8 Å². The van der Waals surface area contributed by atoms with Gasteiger partial charge >= 0.3 is 6.36 Å². The Morgan fingerprint density at radius 1 is 1.25 bits per heavy atom. The van der Waals surface area contributed by atoms with E-state index in [9.17, 15) is 18.3 Å². The van der Waals surface area contributed by atoms with Gasteiger partial charge in [0.25, 0.3) is 0 Å². The quantitative estimate of drug-likeness (QED) is 0.860. The molecule has 1 saturated carbocycles. The Balaban J connectivity index is 2.17. The summed E-state index contributed by atoms with van der Waals surface area (Å²) < 4.78 is 41.7. The van der Waals surface area contributed by atoms with Crippen molar-refractivity contribution in [3.05, 3.63) is 22.7 Å². The van der Waals surface area contributed by atoms with Crippen molar-refractivity contribution in [2.24, 2.45) is 0 Å². The molecule has 0 saturated heterocycles. The maximum Gasteiger partial charge on any atom is 0.573 e. The summed E-state index contributed by atoms with van der Waals surface area (Å²) in [4.78, 5) is 0. The lowest BCUT2D eigenvalue weighted by atomic mass is 9.92. The van der Waals surface area contributed by atoms with E-state index < -0.39 is 12.5 Å². The minimum Gasteiger partial charge on any atom is -0.404 e. The molecule has 2 atom stereocenters. The first kappa shape index (κ1) is 15.4. The van der Waals surface area contributed by atoms with Crippen LogP contribution in [0.4, 0.5) is 18.9 Å². The van der Waals surface area contributed by atoms with Gasteiger partial charge in [-0.15, -0.1) is 13.2 Å². The SMILES string of the molecule is O[C@@H]1CCCC[C@H]1Nc1ccc(Br)cc1OC(F)(F)F. The van der Waals surface area contributed by atoms with Gasteiger partial charge in [0.1, 0.15) is 0 Å². The highest BCUT2D eigenvalue weighted by atomic mass is 79.9. The molecular weight excluding hydrogens is 339 g/mol. The Kier molecular flexibility index (Phi) is 4.80. The van der Waals surface area contributed by atoms with E-state index in [1.165, 1.54) is 12.1 Å². The van der Waals surface area contributed by atoms with Crippen LogP contribution in [0, 0.1) is 0 Å². The summed E-state index contributed by atoms with van der Waals surface area (Å²) in [5, 5.41) is 12.8. The van der Waals surface area contributed by atoms with Crippen molar-refractivity contribution in [1.29, 1.82) is 0 Å². The molecule has 1 aliphatic carbocycles. The van der Waals surface area contributed by atoms with E-state index in [4.69, 9.17) is 0 Å². The fourth-order valence-electron chi connectivity index (χ4n) is 2.30. The normalized spacial score (nSPS) is 23.4. The molecule has 20 heavy (non-hydrogen) atoms. The Morgan fingerprint density at radius 3 is 2.60 bits per heavy atom. The van der Waals surface area contributed by atoms with Crippen LogP contribution in [-0.4, -0.2) is 23.6 Å². The summed E-state index contributed by atoms with van der Waals surface area (Å²) in [5.74, 6) is -0.301. The monoisotopic (exact) mass is 353 g/mol. The molecule has 1 aliphatic rings. The molecule has 1 fully saturated rings. The molecule has 2 rings (SSSR count). The smallest absolute Gasteiger partial charge is 0.404 e. The predicted molar refractivity (Wildman–Crippen MR) is 72.7 cm³/mol. The largest absolute Gasteiger partial charge is 0.573 e. The van der Waals surface area contributed by atoms with Crippen LogP contribution in [0.15, 0.2) is 22.7 Å². The van der Waals surface area contributed by atoms with Crippen molar-refractivity contribution in [1.82, 2.24) is 0 Å². The van der Waals surface area contributed by atoms with Crippen molar-refractivity contribution in [3.8, 4) is 5.75 Å². The average Bonchev–Trinajstić information content (AvgIpc) is 2.33. The van der Waals surface area contributed by atoms with E-state index in [1.54, 1.807) is 6.07 Å². The molecule has 0 radical (unpaired) electrons. The van der Waals surface area contributed by atoms with Crippen LogP contribution in [-0.2, 0) is 0 Å². The molecule has 1 aromatic carbocycles. The molecule has 0 unspecified atom stereocenters. The number of halogens is 4. The van der Waals surface area contributed by atoms with Crippen LogP contribution < -0.4 is 10.1 Å². The third-order valence-electron chi connectivity index (χ3n) is 3.24. The number of aliphatic hydroxyl groups excluding tert-OH is 1. The number of hydrogen-bond acceptors (Lipinski definition) is 3. The first-order chi connectivity index (χ1) is 9.35. The van der Waals surface area contributed by atoms with Gasteiger partial charge in [0.05, 0.1) is 17.8 Å². The van der Waals surface area contributed by atoms with E-state index in [2.05, 4.69) is 26.0 Å². The zero-order valence-corrected chi connectivity index (χ0v) is 12.2. The van der Waals surface area contributed by atoms with E-state index in [0.29, 0.717) is 10.9 Å². The predicted octanol–water partition coefficient (Wildman–Crippen LogP) is 4.06. The molecule has 0 heterocycles. The van der Waals surface area contributed by atoms with E-state index in [0.717, 1.165) is 19.3 Å². The van der Waals surface area contributed by atoms with Gasteiger partial charge in [0.15, 0.2) is 5.75 Å². The molecule has 112 valence electrons. The summed E-state index contributed by atoms with van der Waals surface area (Å²) >= 11 is 3.12. The Morgan fingerprint density at radius 2 is 1.95 bits per heavy atom. The minimum absolute atomic E-state index is 0.233. The summed E-state index contributed by atoms with van der Waals surface area (Å²) in [6, 6.07) is 4.14. The van der Waals surface area contributed by atoms with Crippen LogP contribution in [0.2, 0.25) is 0 Å². The average molecular weight is 354 g/mol. The summed E-state index contributed by atoms with van der Waals surface area (Å²) in [6.07, 6.45) is -2.03. The van der Waals surface area contributed by atoms with Crippen LogP contribution in [0.25, 0.3) is 0 Å². The van der Waals surface area contributed by atoms with Gasteiger partial charge in [0, 0.05) is 4.47 Å². The number of aliphatic hydroxyl groups is 1.